The number of aromatic nitrogens is 2. The normalized spacial score (nSPS) is 11.3. The number of hydrogen-bond acceptors (Lipinski definition) is 7. The molecule has 0 spiro atoms. The van der Waals surface area contributed by atoms with Crippen LogP contribution < -0.4 is 10.2 Å². The molecule has 0 aliphatic heterocycles. The maximum absolute atomic E-state index is 13.9. The van der Waals surface area contributed by atoms with Crippen molar-refractivity contribution in [1.29, 1.82) is 0 Å². The Morgan fingerprint density at radius 3 is 2.61 bits per heavy atom. The number of halogens is 2. The van der Waals surface area contributed by atoms with Crippen molar-refractivity contribution in [2.24, 2.45) is 0 Å². The van der Waals surface area contributed by atoms with Crippen LogP contribution in [-0.4, -0.2) is 30.5 Å². The number of hydrogen-bond donors (Lipinski definition) is 1. The van der Waals surface area contributed by atoms with Gasteiger partial charge < -0.3 is 14.6 Å². The highest BCUT2D eigenvalue weighted by Gasteiger charge is 2.25. The van der Waals surface area contributed by atoms with Crippen LogP contribution >= 0.6 is 11.6 Å². The van der Waals surface area contributed by atoms with Crippen molar-refractivity contribution < 1.29 is 22.0 Å². The van der Waals surface area contributed by atoms with Gasteiger partial charge in [0.25, 0.3) is 5.91 Å². The van der Waals surface area contributed by atoms with E-state index in [1.54, 1.807) is 54.3 Å². The van der Waals surface area contributed by atoms with Crippen molar-refractivity contribution in [3.63, 3.8) is 0 Å². The Kier molecular flexibility index (Phi) is 7.37. The molecule has 0 aliphatic rings. The third kappa shape index (κ3) is 5.89. The fourth-order valence-electron chi connectivity index (χ4n) is 3.53. The van der Waals surface area contributed by atoms with E-state index in [0.29, 0.717) is 27.6 Å². The lowest BCUT2D eigenvalue weighted by molar-refractivity contribution is 0.102. The van der Waals surface area contributed by atoms with Gasteiger partial charge in [0.15, 0.2) is 5.69 Å². The Labute approximate surface area is 212 Å². The van der Waals surface area contributed by atoms with Gasteiger partial charge in [0.05, 0.1) is 24.7 Å². The summed E-state index contributed by atoms with van der Waals surface area (Å²) in [5.41, 5.74) is 1.76. The maximum atomic E-state index is 13.9. The van der Waals surface area contributed by atoms with E-state index in [1.807, 2.05) is 0 Å². The monoisotopic (exact) mass is 528 g/mol. The molecule has 0 saturated heterocycles. The smallest absolute Gasteiger partial charge is 0.276 e. The molecule has 0 saturated carbocycles. The van der Waals surface area contributed by atoms with E-state index in [-0.39, 0.29) is 24.5 Å². The zero-order valence-electron chi connectivity index (χ0n) is 19.4. The lowest BCUT2D eigenvalue weighted by Gasteiger charge is -2.25. The minimum Gasteiger partial charge on any atom is -0.467 e. The van der Waals surface area contributed by atoms with Gasteiger partial charge in [-0.25, -0.2) is 22.8 Å². The highest BCUT2D eigenvalue weighted by molar-refractivity contribution is 7.90. The summed E-state index contributed by atoms with van der Waals surface area (Å²) in [7, 11) is -3.81. The molecule has 0 bridgehead atoms. The number of benzene rings is 2. The second kappa shape index (κ2) is 10.5. The molecule has 1 amide bonds. The summed E-state index contributed by atoms with van der Waals surface area (Å²) in [5.74, 6) is -0.509. The molecule has 8 nitrogen and oxygen atoms in total. The predicted molar refractivity (Wildman–Crippen MR) is 134 cm³/mol. The van der Waals surface area contributed by atoms with Crippen LogP contribution in [0.1, 0.15) is 27.4 Å². The van der Waals surface area contributed by atoms with Crippen LogP contribution in [0.5, 0.6) is 0 Å². The van der Waals surface area contributed by atoms with Crippen LogP contribution in [0.4, 0.5) is 15.8 Å². The molecule has 0 unspecified atom stereocenters. The molecule has 0 fully saturated rings. The first-order chi connectivity index (χ1) is 17.1. The fourth-order valence-corrected chi connectivity index (χ4v) is 4.21. The Bertz CT molecular complexity index is 1510. The Balaban J connectivity index is 1.80. The predicted octanol–water partition coefficient (Wildman–Crippen LogP) is 5.03. The second-order valence-corrected chi connectivity index (χ2v) is 10.4. The molecular formula is C25H22ClFN4O4S. The largest absolute Gasteiger partial charge is 0.467 e. The van der Waals surface area contributed by atoms with Gasteiger partial charge in [0, 0.05) is 23.5 Å². The summed E-state index contributed by atoms with van der Waals surface area (Å²) in [6.45, 7) is 2.09. The van der Waals surface area contributed by atoms with E-state index in [9.17, 15) is 17.6 Å². The number of carbonyl (C=O) groups is 1. The molecule has 1 N–H and O–H groups in total. The highest BCUT2D eigenvalue weighted by Crippen LogP contribution is 2.27. The Morgan fingerprint density at radius 2 is 1.92 bits per heavy atom. The van der Waals surface area contributed by atoms with E-state index >= 15 is 0 Å². The summed E-state index contributed by atoms with van der Waals surface area (Å²) in [5, 5.41) is 2.71. The number of rotatable bonds is 8. The van der Waals surface area contributed by atoms with Crippen LogP contribution in [0.3, 0.4) is 0 Å². The molecule has 11 heteroatoms. The second-order valence-electron chi connectivity index (χ2n) is 8.09. The Morgan fingerprint density at radius 1 is 1.14 bits per heavy atom. The number of amides is 1. The zero-order valence-corrected chi connectivity index (χ0v) is 21.0. The lowest BCUT2D eigenvalue weighted by atomic mass is 10.1. The van der Waals surface area contributed by atoms with E-state index in [4.69, 9.17) is 16.0 Å². The SMILES string of the molecule is Cc1c(Cl)cccc1NC(=O)c1nc(S(C)(=O)=O)ncc1N(Cc1cccc(F)c1)Cc1ccco1. The third-order valence-electron chi connectivity index (χ3n) is 5.34. The van der Waals surface area contributed by atoms with E-state index in [2.05, 4.69) is 15.3 Å². The topological polar surface area (TPSA) is 105 Å². The van der Waals surface area contributed by atoms with Crippen molar-refractivity contribution >= 4 is 38.7 Å². The first-order valence-corrected chi connectivity index (χ1v) is 13.0. The summed E-state index contributed by atoms with van der Waals surface area (Å²) in [6, 6.07) is 14.5. The number of nitrogens with one attached hydrogen (secondary N) is 1. The number of furan rings is 1. The molecular weight excluding hydrogens is 507 g/mol. The van der Waals surface area contributed by atoms with Crippen molar-refractivity contribution in [3.8, 4) is 0 Å². The first-order valence-electron chi connectivity index (χ1n) is 10.8. The average molecular weight is 529 g/mol. The van der Waals surface area contributed by atoms with Crippen molar-refractivity contribution in [3.05, 3.63) is 100 Å². The van der Waals surface area contributed by atoms with Crippen molar-refractivity contribution in [1.82, 2.24) is 9.97 Å². The van der Waals surface area contributed by atoms with Gasteiger partial charge in [0.1, 0.15) is 11.6 Å². The number of carbonyl (C=O) groups excluding carboxylic acids is 1. The van der Waals surface area contributed by atoms with Crippen LogP contribution in [0.15, 0.2) is 76.6 Å². The van der Waals surface area contributed by atoms with Crippen LogP contribution in [-0.2, 0) is 22.9 Å². The molecule has 4 aromatic rings. The lowest BCUT2D eigenvalue weighted by Crippen LogP contribution is -2.27. The molecule has 36 heavy (non-hydrogen) atoms. The molecule has 0 radical (unpaired) electrons. The maximum Gasteiger partial charge on any atom is 0.276 e. The zero-order chi connectivity index (χ0) is 25.9. The number of sulfone groups is 1. The average Bonchev–Trinajstić information content (AvgIpc) is 3.34. The Hall–Kier alpha value is -3.76. The standard InChI is InChI=1S/C25H22ClFN4O4S/c1-16-20(26)9-4-10-21(16)29-24(32)23-22(13-28-25(30-23)36(2,33)34)31(15-19-8-5-11-35-19)14-17-6-3-7-18(27)12-17/h3-13H,14-15H2,1-2H3,(H,29,32). The summed E-state index contributed by atoms with van der Waals surface area (Å²) < 4.78 is 43.8. The first kappa shape index (κ1) is 25.3. The summed E-state index contributed by atoms with van der Waals surface area (Å²) in [6.07, 6.45) is 3.73. The minimum atomic E-state index is -3.81. The number of anilines is 2. The van der Waals surface area contributed by atoms with Gasteiger partial charge in [0.2, 0.25) is 15.0 Å². The molecule has 0 atom stereocenters. The molecule has 4 rings (SSSR count). The van der Waals surface area contributed by atoms with Crippen LogP contribution in [0.25, 0.3) is 0 Å². The fraction of sp³-hybridized carbons (Fsp3) is 0.160. The van der Waals surface area contributed by atoms with Crippen LogP contribution in [0, 0.1) is 12.7 Å². The third-order valence-corrected chi connectivity index (χ3v) is 6.61. The molecule has 186 valence electrons. The molecule has 2 heterocycles. The highest BCUT2D eigenvalue weighted by atomic mass is 35.5. The molecule has 2 aromatic heterocycles. The quantitative estimate of drug-likeness (QED) is 0.320. The number of nitrogens with zero attached hydrogens (tertiary/aromatic N) is 3. The van der Waals surface area contributed by atoms with Gasteiger partial charge in [-0.2, -0.15) is 0 Å². The van der Waals surface area contributed by atoms with Crippen LogP contribution in [0.2, 0.25) is 5.02 Å². The van der Waals surface area contributed by atoms with Gasteiger partial charge >= 0.3 is 0 Å². The van der Waals surface area contributed by atoms with Gasteiger partial charge in [-0.05, 0) is 54.4 Å². The van der Waals surface area contributed by atoms with E-state index in [1.165, 1.54) is 24.6 Å². The van der Waals surface area contributed by atoms with Crippen molar-refractivity contribution in [2.75, 3.05) is 16.5 Å². The van der Waals surface area contributed by atoms with Gasteiger partial charge in [-0.1, -0.05) is 29.8 Å². The summed E-state index contributed by atoms with van der Waals surface area (Å²) in [4.78, 5) is 23.3. The van der Waals surface area contributed by atoms with Crippen molar-refractivity contribution in [2.45, 2.75) is 25.2 Å². The van der Waals surface area contributed by atoms with Gasteiger partial charge in [-0.3, -0.25) is 4.79 Å². The molecule has 2 aromatic carbocycles. The summed E-state index contributed by atoms with van der Waals surface area (Å²) >= 11 is 6.19. The van der Waals surface area contributed by atoms with E-state index < -0.39 is 26.7 Å². The molecule has 0 aliphatic carbocycles. The minimum absolute atomic E-state index is 0.163. The van der Waals surface area contributed by atoms with Gasteiger partial charge in [-0.15, -0.1) is 0 Å². The van der Waals surface area contributed by atoms with E-state index in [0.717, 1.165) is 6.26 Å².